The van der Waals surface area contributed by atoms with Gasteiger partial charge in [0.2, 0.25) is 0 Å². The molecule has 0 radical (unpaired) electrons. The second kappa shape index (κ2) is 5.87. The smallest absolute Gasteiger partial charge is 0.409 e. The minimum Gasteiger partial charge on any atom is -0.448 e. The Balaban J connectivity index is 1.73. The van der Waals surface area contributed by atoms with Crippen molar-refractivity contribution >= 4 is 11.9 Å². The van der Waals surface area contributed by atoms with E-state index in [9.17, 15) is 4.79 Å². The number of hydrogen-bond acceptors (Lipinski definition) is 5. The normalized spacial score (nSPS) is 17.6. The van der Waals surface area contributed by atoms with Gasteiger partial charge in [-0.1, -0.05) is 0 Å². The molecule has 1 amide bonds. The number of nitrogens with zero attached hydrogens (tertiary/aromatic N) is 4. The quantitative estimate of drug-likeness (QED) is 0.842. The van der Waals surface area contributed by atoms with Crippen molar-refractivity contribution < 1.29 is 9.53 Å². The number of anilines is 1. The summed E-state index contributed by atoms with van der Waals surface area (Å²) >= 11 is 0. The Morgan fingerprint density at radius 3 is 2.86 bits per heavy atom. The number of amides is 1. The Bertz CT molecular complexity index is 547. The molecule has 1 aromatic rings. The molecule has 1 fully saturated rings. The predicted octanol–water partition coefficient (Wildman–Crippen LogP) is 1.55. The molecule has 0 spiro atoms. The summed E-state index contributed by atoms with van der Waals surface area (Å²) < 4.78 is 4.96. The maximum Gasteiger partial charge on any atom is 0.409 e. The molecule has 2 heterocycles. The standard InChI is InChI=1S/C15H22N4O2/c1-11-16-13-6-4-3-5-12(13)14(17-11)18(2)7-8-19-9-10-21-15(19)20/h3-10H2,1-2H3. The van der Waals surface area contributed by atoms with Gasteiger partial charge in [-0.2, -0.15) is 0 Å². The lowest BCUT2D eigenvalue weighted by Gasteiger charge is -2.26. The second-order valence-corrected chi connectivity index (χ2v) is 5.75. The van der Waals surface area contributed by atoms with Crippen LogP contribution in [-0.4, -0.2) is 54.2 Å². The molecule has 21 heavy (non-hydrogen) atoms. The Morgan fingerprint density at radius 2 is 2.10 bits per heavy atom. The van der Waals surface area contributed by atoms with Crippen molar-refractivity contribution in [2.75, 3.05) is 38.2 Å². The SMILES string of the molecule is Cc1nc2c(c(N(C)CCN3CCOC3=O)n1)CCCC2. The summed E-state index contributed by atoms with van der Waals surface area (Å²) in [6.07, 6.45) is 4.33. The third kappa shape index (κ3) is 2.94. The van der Waals surface area contributed by atoms with E-state index in [1.165, 1.54) is 24.1 Å². The lowest BCUT2D eigenvalue weighted by molar-refractivity contribution is 0.159. The van der Waals surface area contributed by atoms with Crippen LogP contribution in [0.3, 0.4) is 0 Å². The van der Waals surface area contributed by atoms with Gasteiger partial charge in [-0.25, -0.2) is 14.8 Å². The summed E-state index contributed by atoms with van der Waals surface area (Å²) in [6.45, 7) is 4.58. The zero-order valence-corrected chi connectivity index (χ0v) is 12.8. The first-order valence-corrected chi connectivity index (χ1v) is 7.64. The van der Waals surface area contributed by atoms with E-state index in [0.717, 1.165) is 31.0 Å². The number of fused-ring (bicyclic) bond motifs is 1. The first kappa shape index (κ1) is 14.1. The van der Waals surface area contributed by atoms with Crippen LogP contribution in [0.15, 0.2) is 0 Å². The van der Waals surface area contributed by atoms with E-state index >= 15 is 0 Å². The zero-order valence-electron chi connectivity index (χ0n) is 12.8. The Morgan fingerprint density at radius 1 is 1.29 bits per heavy atom. The highest BCUT2D eigenvalue weighted by atomic mass is 16.6. The number of cyclic esters (lactones) is 1. The van der Waals surface area contributed by atoms with E-state index in [-0.39, 0.29) is 6.09 Å². The van der Waals surface area contributed by atoms with Crippen molar-refractivity contribution in [1.82, 2.24) is 14.9 Å². The molecule has 0 N–H and O–H groups in total. The fourth-order valence-electron chi connectivity index (χ4n) is 3.02. The first-order valence-electron chi connectivity index (χ1n) is 7.64. The molecule has 2 aliphatic rings. The molecule has 1 aliphatic carbocycles. The van der Waals surface area contributed by atoms with E-state index in [4.69, 9.17) is 4.74 Å². The fourth-order valence-corrected chi connectivity index (χ4v) is 3.02. The molecule has 0 aromatic carbocycles. The average molecular weight is 290 g/mol. The topological polar surface area (TPSA) is 58.6 Å². The maximum absolute atomic E-state index is 11.5. The molecule has 0 atom stereocenters. The number of hydrogen-bond donors (Lipinski definition) is 0. The highest BCUT2D eigenvalue weighted by Gasteiger charge is 2.23. The summed E-state index contributed by atoms with van der Waals surface area (Å²) in [5.74, 6) is 1.86. The summed E-state index contributed by atoms with van der Waals surface area (Å²) in [5, 5.41) is 0. The molecule has 1 aromatic heterocycles. The molecule has 0 saturated carbocycles. The predicted molar refractivity (Wildman–Crippen MR) is 79.6 cm³/mol. The van der Waals surface area contributed by atoms with Gasteiger partial charge in [0.05, 0.1) is 6.54 Å². The molecule has 6 nitrogen and oxygen atoms in total. The minimum atomic E-state index is -0.204. The monoisotopic (exact) mass is 290 g/mol. The van der Waals surface area contributed by atoms with Gasteiger partial charge in [0.25, 0.3) is 0 Å². The Kier molecular flexibility index (Phi) is 3.94. The fraction of sp³-hybridized carbons (Fsp3) is 0.667. The largest absolute Gasteiger partial charge is 0.448 e. The van der Waals surface area contributed by atoms with Crippen molar-refractivity contribution in [3.63, 3.8) is 0 Å². The first-order chi connectivity index (χ1) is 10.1. The summed E-state index contributed by atoms with van der Waals surface area (Å²) in [6, 6.07) is 0. The highest BCUT2D eigenvalue weighted by molar-refractivity contribution is 5.69. The van der Waals surface area contributed by atoms with Gasteiger partial charge in [0.15, 0.2) is 0 Å². The van der Waals surface area contributed by atoms with Crippen LogP contribution >= 0.6 is 0 Å². The molecule has 6 heteroatoms. The van der Waals surface area contributed by atoms with Crippen molar-refractivity contribution in [3.05, 3.63) is 17.1 Å². The number of aryl methyl sites for hydroxylation is 2. The van der Waals surface area contributed by atoms with Gasteiger partial charge in [-0.15, -0.1) is 0 Å². The lowest BCUT2D eigenvalue weighted by Crippen LogP contribution is -2.35. The van der Waals surface area contributed by atoms with E-state index in [1.54, 1.807) is 4.90 Å². The van der Waals surface area contributed by atoms with Crippen LogP contribution in [0.25, 0.3) is 0 Å². The third-order valence-electron chi connectivity index (χ3n) is 4.18. The van der Waals surface area contributed by atoms with Crippen molar-refractivity contribution in [3.8, 4) is 0 Å². The van der Waals surface area contributed by atoms with Crippen LogP contribution in [0.5, 0.6) is 0 Å². The molecule has 0 unspecified atom stereocenters. The number of likely N-dealkylation sites (N-methyl/N-ethyl adjacent to an activating group) is 1. The van der Waals surface area contributed by atoms with E-state index < -0.39 is 0 Å². The van der Waals surface area contributed by atoms with Gasteiger partial charge >= 0.3 is 6.09 Å². The number of carbonyl (C=O) groups is 1. The van der Waals surface area contributed by atoms with Gasteiger partial charge < -0.3 is 14.5 Å². The zero-order chi connectivity index (χ0) is 14.8. The number of carbonyl (C=O) groups excluding carboxylic acids is 1. The lowest BCUT2D eigenvalue weighted by atomic mass is 9.96. The average Bonchev–Trinajstić information content (AvgIpc) is 2.89. The second-order valence-electron chi connectivity index (χ2n) is 5.75. The Labute approximate surface area is 125 Å². The molecular weight excluding hydrogens is 268 g/mol. The molecule has 0 bridgehead atoms. The number of ether oxygens (including phenoxy) is 1. The van der Waals surface area contributed by atoms with Gasteiger partial charge in [-0.05, 0) is 32.6 Å². The van der Waals surface area contributed by atoms with Crippen LogP contribution < -0.4 is 4.90 Å². The minimum absolute atomic E-state index is 0.204. The molecule has 114 valence electrons. The molecule has 3 rings (SSSR count). The molecule has 1 saturated heterocycles. The van der Waals surface area contributed by atoms with Crippen molar-refractivity contribution in [1.29, 1.82) is 0 Å². The van der Waals surface area contributed by atoms with Gasteiger partial charge in [0.1, 0.15) is 18.2 Å². The van der Waals surface area contributed by atoms with Crippen molar-refractivity contribution in [2.24, 2.45) is 0 Å². The number of aromatic nitrogens is 2. The van der Waals surface area contributed by atoms with Crippen molar-refractivity contribution in [2.45, 2.75) is 32.6 Å². The number of rotatable bonds is 4. The van der Waals surface area contributed by atoms with E-state index in [0.29, 0.717) is 19.7 Å². The third-order valence-corrected chi connectivity index (χ3v) is 4.18. The highest BCUT2D eigenvalue weighted by Crippen LogP contribution is 2.27. The summed E-state index contributed by atoms with van der Waals surface area (Å²) in [7, 11) is 2.04. The molecule has 1 aliphatic heterocycles. The van der Waals surface area contributed by atoms with E-state index in [2.05, 4.69) is 14.9 Å². The van der Waals surface area contributed by atoms with Crippen LogP contribution in [0.1, 0.15) is 29.9 Å². The maximum atomic E-state index is 11.5. The van der Waals surface area contributed by atoms with Gasteiger partial charge in [-0.3, -0.25) is 0 Å². The Hall–Kier alpha value is -1.85. The summed E-state index contributed by atoms with van der Waals surface area (Å²) in [5.41, 5.74) is 2.49. The van der Waals surface area contributed by atoms with E-state index in [1.807, 2.05) is 14.0 Å². The van der Waals surface area contributed by atoms with Crippen LogP contribution in [0.2, 0.25) is 0 Å². The summed E-state index contributed by atoms with van der Waals surface area (Å²) in [4.78, 5) is 24.6. The van der Waals surface area contributed by atoms with Crippen LogP contribution in [-0.2, 0) is 17.6 Å². The van der Waals surface area contributed by atoms with Gasteiger partial charge in [0, 0.05) is 31.4 Å². The van der Waals surface area contributed by atoms with Crippen LogP contribution in [0, 0.1) is 6.92 Å². The van der Waals surface area contributed by atoms with Crippen LogP contribution in [0.4, 0.5) is 10.6 Å². The molecular formula is C15H22N4O2.